The highest BCUT2D eigenvalue weighted by molar-refractivity contribution is 5.77. The minimum Gasteiger partial charge on any atom is -0.347 e. The first-order valence-corrected chi connectivity index (χ1v) is 7.15. The molecule has 3 heteroatoms. The molecule has 0 spiro atoms. The smallest absolute Gasteiger partial charge is 0.220 e. The Morgan fingerprint density at radius 2 is 1.89 bits per heavy atom. The summed E-state index contributed by atoms with van der Waals surface area (Å²) in [6, 6.07) is 10.1. The average molecular weight is 260 g/mol. The first kappa shape index (κ1) is 14.1. The lowest BCUT2D eigenvalue weighted by Crippen LogP contribution is -2.42. The van der Waals surface area contributed by atoms with Gasteiger partial charge in [-0.25, -0.2) is 0 Å². The zero-order valence-electron chi connectivity index (χ0n) is 11.9. The van der Waals surface area contributed by atoms with Crippen molar-refractivity contribution in [2.75, 3.05) is 13.1 Å². The van der Waals surface area contributed by atoms with Crippen molar-refractivity contribution in [3.63, 3.8) is 0 Å². The normalized spacial score (nSPS) is 17.2. The van der Waals surface area contributed by atoms with Crippen LogP contribution in [0.15, 0.2) is 30.3 Å². The van der Waals surface area contributed by atoms with Gasteiger partial charge in [0.25, 0.3) is 0 Å². The van der Waals surface area contributed by atoms with E-state index in [1.807, 2.05) is 18.2 Å². The SMILES string of the molecule is CC(C)(NC(=O)CC1CCNCC1)c1ccccc1. The molecule has 1 aliphatic rings. The maximum atomic E-state index is 12.2. The van der Waals surface area contributed by atoms with Gasteiger partial charge in [-0.1, -0.05) is 30.3 Å². The van der Waals surface area contributed by atoms with Gasteiger partial charge in [0.2, 0.25) is 5.91 Å². The highest BCUT2D eigenvalue weighted by Gasteiger charge is 2.24. The summed E-state index contributed by atoms with van der Waals surface area (Å²) in [6.07, 6.45) is 2.87. The summed E-state index contributed by atoms with van der Waals surface area (Å²) < 4.78 is 0. The van der Waals surface area contributed by atoms with E-state index in [2.05, 4.69) is 36.6 Å². The van der Waals surface area contributed by atoms with Crippen molar-refractivity contribution in [3.8, 4) is 0 Å². The van der Waals surface area contributed by atoms with Crippen molar-refractivity contribution >= 4 is 5.91 Å². The Balaban J connectivity index is 1.90. The number of carbonyl (C=O) groups is 1. The Labute approximate surface area is 115 Å². The van der Waals surface area contributed by atoms with Crippen molar-refractivity contribution in [2.24, 2.45) is 5.92 Å². The first-order valence-electron chi connectivity index (χ1n) is 7.15. The molecule has 1 aromatic rings. The molecule has 2 N–H and O–H groups in total. The van der Waals surface area contributed by atoms with E-state index in [4.69, 9.17) is 0 Å². The Morgan fingerprint density at radius 3 is 2.53 bits per heavy atom. The Bertz CT molecular complexity index is 408. The van der Waals surface area contributed by atoms with E-state index in [0.717, 1.165) is 31.5 Å². The molecular weight excluding hydrogens is 236 g/mol. The minimum atomic E-state index is -0.300. The molecule has 1 amide bonds. The second-order valence-electron chi connectivity index (χ2n) is 5.94. The van der Waals surface area contributed by atoms with E-state index in [1.54, 1.807) is 0 Å². The van der Waals surface area contributed by atoms with Crippen LogP contribution in [0.5, 0.6) is 0 Å². The summed E-state index contributed by atoms with van der Waals surface area (Å²) in [5, 5.41) is 6.49. The van der Waals surface area contributed by atoms with Crippen molar-refractivity contribution in [1.29, 1.82) is 0 Å². The molecule has 0 unspecified atom stereocenters. The van der Waals surface area contributed by atoms with Gasteiger partial charge in [0.15, 0.2) is 0 Å². The number of benzene rings is 1. The Hall–Kier alpha value is -1.35. The number of piperidine rings is 1. The lowest BCUT2D eigenvalue weighted by atomic mass is 9.91. The summed E-state index contributed by atoms with van der Waals surface area (Å²) in [4.78, 5) is 12.2. The highest BCUT2D eigenvalue weighted by atomic mass is 16.1. The third-order valence-corrected chi connectivity index (χ3v) is 3.88. The zero-order valence-corrected chi connectivity index (χ0v) is 11.9. The number of hydrogen-bond acceptors (Lipinski definition) is 2. The van der Waals surface area contributed by atoms with E-state index in [-0.39, 0.29) is 11.4 Å². The van der Waals surface area contributed by atoms with Crippen LogP contribution in [0.4, 0.5) is 0 Å². The fraction of sp³-hybridized carbons (Fsp3) is 0.562. The second-order valence-corrected chi connectivity index (χ2v) is 5.94. The molecule has 0 aliphatic carbocycles. The van der Waals surface area contributed by atoms with Crippen LogP contribution in [-0.2, 0) is 10.3 Å². The predicted octanol–water partition coefficient (Wildman–Crippen LogP) is 2.43. The number of nitrogens with one attached hydrogen (secondary N) is 2. The maximum Gasteiger partial charge on any atom is 0.220 e. The molecule has 0 atom stereocenters. The third kappa shape index (κ3) is 4.06. The van der Waals surface area contributed by atoms with Gasteiger partial charge in [-0.2, -0.15) is 0 Å². The van der Waals surface area contributed by atoms with Crippen LogP contribution in [0.3, 0.4) is 0 Å². The summed E-state index contributed by atoms with van der Waals surface area (Å²) >= 11 is 0. The predicted molar refractivity (Wildman–Crippen MR) is 77.8 cm³/mol. The van der Waals surface area contributed by atoms with Crippen LogP contribution in [0.1, 0.15) is 38.7 Å². The van der Waals surface area contributed by atoms with E-state index in [0.29, 0.717) is 12.3 Å². The molecule has 19 heavy (non-hydrogen) atoms. The topological polar surface area (TPSA) is 41.1 Å². The zero-order chi connectivity index (χ0) is 13.7. The van der Waals surface area contributed by atoms with E-state index in [1.165, 1.54) is 0 Å². The van der Waals surface area contributed by atoms with Crippen LogP contribution in [0.2, 0.25) is 0 Å². The standard InChI is InChI=1S/C16H24N2O/c1-16(2,14-6-4-3-5-7-14)18-15(19)12-13-8-10-17-11-9-13/h3-7,13,17H,8-12H2,1-2H3,(H,18,19). The molecule has 1 aromatic carbocycles. The second kappa shape index (κ2) is 6.20. The molecule has 104 valence electrons. The van der Waals surface area contributed by atoms with Crippen LogP contribution in [0, 0.1) is 5.92 Å². The maximum absolute atomic E-state index is 12.2. The third-order valence-electron chi connectivity index (χ3n) is 3.88. The monoisotopic (exact) mass is 260 g/mol. The Kier molecular flexibility index (Phi) is 4.59. The van der Waals surface area contributed by atoms with Gasteiger partial charge in [-0.3, -0.25) is 4.79 Å². The van der Waals surface area contributed by atoms with Gasteiger partial charge < -0.3 is 10.6 Å². The lowest BCUT2D eigenvalue weighted by molar-refractivity contribution is -0.123. The largest absolute Gasteiger partial charge is 0.347 e. The number of hydrogen-bond donors (Lipinski definition) is 2. The van der Waals surface area contributed by atoms with Gasteiger partial charge in [-0.05, 0) is 51.3 Å². The molecule has 0 aromatic heterocycles. The van der Waals surface area contributed by atoms with Crippen molar-refractivity contribution in [1.82, 2.24) is 10.6 Å². The average Bonchev–Trinajstić information content (AvgIpc) is 2.40. The van der Waals surface area contributed by atoms with E-state index in [9.17, 15) is 4.79 Å². The number of rotatable bonds is 4. The van der Waals surface area contributed by atoms with Gasteiger partial charge in [0.05, 0.1) is 5.54 Å². The van der Waals surface area contributed by atoms with E-state index >= 15 is 0 Å². The fourth-order valence-electron chi connectivity index (χ4n) is 2.67. The number of amides is 1. The summed E-state index contributed by atoms with van der Waals surface area (Å²) in [6.45, 7) is 6.20. The summed E-state index contributed by atoms with van der Waals surface area (Å²) in [5.74, 6) is 0.702. The molecule has 3 nitrogen and oxygen atoms in total. The molecule has 1 saturated heterocycles. The first-order chi connectivity index (χ1) is 9.08. The quantitative estimate of drug-likeness (QED) is 0.873. The summed E-state index contributed by atoms with van der Waals surface area (Å²) in [5.41, 5.74) is 0.847. The lowest BCUT2D eigenvalue weighted by Gasteiger charge is -2.29. The molecule has 0 saturated carbocycles. The highest BCUT2D eigenvalue weighted by Crippen LogP contribution is 2.21. The molecule has 1 fully saturated rings. The van der Waals surface area contributed by atoms with Crippen molar-refractivity contribution in [3.05, 3.63) is 35.9 Å². The van der Waals surface area contributed by atoms with Crippen molar-refractivity contribution in [2.45, 2.75) is 38.6 Å². The number of carbonyl (C=O) groups excluding carboxylic acids is 1. The molecule has 0 radical (unpaired) electrons. The summed E-state index contributed by atoms with van der Waals surface area (Å²) in [7, 11) is 0. The van der Waals surface area contributed by atoms with Crippen LogP contribution >= 0.6 is 0 Å². The van der Waals surface area contributed by atoms with Gasteiger partial charge >= 0.3 is 0 Å². The minimum absolute atomic E-state index is 0.167. The molecular formula is C16H24N2O. The molecule has 0 bridgehead atoms. The van der Waals surface area contributed by atoms with Gasteiger partial charge in [-0.15, -0.1) is 0 Å². The fourth-order valence-corrected chi connectivity index (χ4v) is 2.67. The van der Waals surface area contributed by atoms with E-state index < -0.39 is 0 Å². The molecule has 1 aliphatic heterocycles. The Morgan fingerprint density at radius 1 is 1.26 bits per heavy atom. The van der Waals surface area contributed by atoms with Crippen LogP contribution < -0.4 is 10.6 Å². The van der Waals surface area contributed by atoms with Crippen LogP contribution in [-0.4, -0.2) is 19.0 Å². The van der Waals surface area contributed by atoms with Gasteiger partial charge in [0, 0.05) is 6.42 Å². The van der Waals surface area contributed by atoms with Gasteiger partial charge in [0.1, 0.15) is 0 Å². The molecule has 2 rings (SSSR count). The van der Waals surface area contributed by atoms with Crippen molar-refractivity contribution < 1.29 is 4.79 Å². The van der Waals surface area contributed by atoms with Crippen LogP contribution in [0.25, 0.3) is 0 Å². The molecule has 1 heterocycles.